The summed E-state index contributed by atoms with van der Waals surface area (Å²) in [5.74, 6) is 0.906. The van der Waals surface area contributed by atoms with Gasteiger partial charge >= 0.3 is 0 Å². The van der Waals surface area contributed by atoms with E-state index in [9.17, 15) is 0 Å². The van der Waals surface area contributed by atoms with Crippen LogP contribution in [0.2, 0.25) is 0 Å². The molecule has 16 heavy (non-hydrogen) atoms. The first-order chi connectivity index (χ1) is 7.66. The molecule has 0 radical (unpaired) electrons. The Hall–Kier alpha value is -1.20. The lowest BCUT2D eigenvalue weighted by Gasteiger charge is -2.10. The molecule has 5 heteroatoms. The van der Waals surface area contributed by atoms with E-state index in [0.29, 0.717) is 6.61 Å². The third-order valence-electron chi connectivity index (χ3n) is 2.49. The zero-order valence-electron chi connectivity index (χ0n) is 9.36. The Morgan fingerprint density at radius 2 is 2.31 bits per heavy atom. The minimum absolute atomic E-state index is 0.141. The first kappa shape index (κ1) is 11.3. The highest BCUT2D eigenvalue weighted by Crippen LogP contribution is 2.21. The lowest BCUT2D eigenvalue weighted by atomic mass is 10.1. The number of nitrogens with zero attached hydrogens (tertiary/aromatic N) is 1. The quantitative estimate of drug-likeness (QED) is 0.838. The Morgan fingerprint density at radius 3 is 3.00 bits per heavy atom. The maximum Gasteiger partial charge on any atom is 0.144 e. The first-order valence-electron chi connectivity index (χ1n) is 5.10. The van der Waals surface area contributed by atoms with Crippen molar-refractivity contribution in [1.82, 2.24) is 5.43 Å². The molecule has 1 aromatic carbocycles. The van der Waals surface area contributed by atoms with Crippen molar-refractivity contribution < 1.29 is 4.74 Å². The van der Waals surface area contributed by atoms with Crippen LogP contribution in [0.25, 0.3) is 0 Å². The molecule has 0 spiro atoms. The molecule has 1 atom stereocenters. The highest BCUT2D eigenvalue weighted by atomic mass is 32.2. The van der Waals surface area contributed by atoms with Crippen LogP contribution in [-0.4, -0.2) is 17.1 Å². The van der Waals surface area contributed by atoms with Gasteiger partial charge in [-0.25, -0.2) is 0 Å². The van der Waals surface area contributed by atoms with E-state index in [1.165, 1.54) is 22.9 Å². The predicted octanol–water partition coefficient (Wildman–Crippen LogP) is 1.57. The molecule has 0 amide bonds. The second-order valence-corrected chi connectivity index (χ2v) is 4.87. The topological polar surface area (TPSA) is 59.6 Å². The molecule has 1 heterocycles. The van der Waals surface area contributed by atoms with Crippen LogP contribution in [-0.2, 0) is 0 Å². The lowest BCUT2D eigenvalue weighted by Crippen LogP contribution is -2.25. The van der Waals surface area contributed by atoms with Gasteiger partial charge in [-0.2, -0.15) is 5.10 Å². The minimum atomic E-state index is -0.141. The van der Waals surface area contributed by atoms with E-state index in [4.69, 9.17) is 10.5 Å². The standard InChI is InChI=1S/C11H15N3OS/c1-7-4-3-5-9(8(7)2)15-6-10-13-14-11(12)16-10/h3-5,11,14H,6,12H2,1-2H3. The monoisotopic (exact) mass is 237 g/mol. The lowest BCUT2D eigenvalue weighted by molar-refractivity contribution is 0.375. The van der Waals surface area contributed by atoms with Crippen LogP contribution >= 0.6 is 11.8 Å². The highest BCUT2D eigenvalue weighted by molar-refractivity contribution is 8.14. The third-order valence-corrected chi connectivity index (χ3v) is 3.33. The van der Waals surface area contributed by atoms with Gasteiger partial charge < -0.3 is 10.5 Å². The maximum atomic E-state index is 5.70. The number of thioether (sulfide) groups is 1. The molecular formula is C11H15N3OS. The van der Waals surface area contributed by atoms with Crippen LogP contribution in [0, 0.1) is 13.8 Å². The summed E-state index contributed by atoms with van der Waals surface area (Å²) in [7, 11) is 0. The normalized spacial score (nSPS) is 19.2. The summed E-state index contributed by atoms with van der Waals surface area (Å²) in [6.07, 6.45) is 0. The van der Waals surface area contributed by atoms with Crippen molar-refractivity contribution in [3.63, 3.8) is 0 Å². The average molecular weight is 237 g/mol. The molecule has 0 fully saturated rings. The van der Waals surface area contributed by atoms with E-state index in [2.05, 4.69) is 30.4 Å². The summed E-state index contributed by atoms with van der Waals surface area (Å²) in [4.78, 5) is 0. The molecule has 1 unspecified atom stereocenters. The van der Waals surface area contributed by atoms with Crippen molar-refractivity contribution in [3.05, 3.63) is 29.3 Å². The van der Waals surface area contributed by atoms with E-state index in [-0.39, 0.29) is 5.50 Å². The summed E-state index contributed by atoms with van der Waals surface area (Å²) in [6, 6.07) is 6.03. The van der Waals surface area contributed by atoms with Gasteiger partial charge in [-0.05, 0) is 31.0 Å². The molecule has 0 aromatic heterocycles. The maximum absolute atomic E-state index is 5.70. The number of hydrazone groups is 1. The predicted molar refractivity (Wildman–Crippen MR) is 67.5 cm³/mol. The van der Waals surface area contributed by atoms with Gasteiger partial charge in [-0.1, -0.05) is 23.9 Å². The smallest absolute Gasteiger partial charge is 0.144 e. The van der Waals surface area contributed by atoms with E-state index in [1.54, 1.807) is 0 Å². The minimum Gasteiger partial charge on any atom is -0.486 e. The molecule has 3 N–H and O–H groups in total. The second kappa shape index (κ2) is 4.76. The number of nitrogens with two attached hydrogens (primary N) is 1. The molecular weight excluding hydrogens is 222 g/mol. The van der Waals surface area contributed by atoms with E-state index >= 15 is 0 Å². The van der Waals surface area contributed by atoms with Gasteiger partial charge in [0.2, 0.25) is 0 Å². The molecule has 0 saturated heterocycles. The van der Waals surface area contributed by atoms with Gasteiger partial charge in [0.25, 0.3) is 0 Å². The fourth-order valence-electron chi connectivity index (χ4n) is 1.42. The summed E-state index contributed by atoms with van der Waals surface area (Å²) in [5.41, 5.74) is 10.7. The van der Waals surface area contributed by atoms with Crippen LogP contribution < -0.4 is 15.9 Å². The molecule has 2 rings (SSSR count). The van der Waals surface area contributed by atoms with E-state index < -0.39 is 0 Å². The third kappa shape index (κ3) is 2.48. The van der Waals surface area contributed by atoms with Crippen LogP contribution in [0.4, 0.5) is 0 Å². The zero-order chi connectivity index (χ0) is 11.5. The number of benzene rings is 1. The number of rotatable bonds is 3. The molecule has 1 aliphatic heterocycles. The Morgan fingerprint density at radius 1 is 1.50 bits per heavy atom. The van der Waals surface area contributed by atoms with Crippen molar-refractivity contribution in [3.8, 4) is 5.75 Å². The molecule has 1 aromatic rings. The largest absolute Gasteiger partial charge is 0.486 e. The van der Waals surface area contributed by atoms with Crippen LogP contribution in [0.1, 0.15) is 11.1 Å². The SMILES string of the molecule is Cc1cccc(OCC2=NNC(N)S2)c1C. The summed E-state index contributed by atoms with van der Waals surface area (Å²) in [5, 5.41) is 4.95. The van der Waals surface area contributed by atoms with Gasteiger partial charge in [-0.3, -0.25) is 5.43 Å². The van der Waals surface area contributed by atoms with Crippen molar-refractivity contribution in [1.29, 1.82) is 0 Å². The summed E-state index contributed by atoms with van der Waals surface area (Å²) in [6.45, 7) is 4.59. The number of nitrogens with one attached hydrogen (secondary N) is 1. The summed E-state index contributed by atoms with van der Waals surface area (Å²) >= 11 is 1.49. The molecule has 0 saturated carbocycles. The van der Waals surface area contributed by atoms with Crippen LogP contribution in [0.5, 0.6) is 5.75 Å². The van der Waals surface area contributed by atoms with Gasteiger partial charge in [-0.15, -0.1) is 0 Å². The molecule has 1 aliphatic rings. The van der Waals surface area contributed by atoms with Crippen LogP contribution in [0.3, 0.4) is 0 Å². The van der Waals surface area contributed by atoms with Gasteiger partial charge in [0.1, 0.15) is 22.9 Å². The van der Waals surface area contributed by atoms with Crippen molar-refractivity contribution >= 4 is 16.8 Å². The first-order valence-corrected chi connectivity index (χ1v) is 5.98. The number of aryl methyl sites for hydroxylation is 1. The van der Waals surface area contributed by atoms with E-state index in [0.717, 1.165) is 10.8 Å². The number of hydrogen-bond donors (Lipinski definition) is 2. The number of hydrogen-bond acceptors (Lipinski definition) is 5. The Kier molecular flexibility index (Phi) is 3.36. The number of ether oxygens (including phenoxy) is 1. The molecule has 4 nitrogen and oxygen atoms in total. The van der Waals surface area contributed by atoms with Gasteiger partial charge in [0.15, 0.2) is 0 Å². The van der Waals surface area contributed by atoms with Crippen LogP contribution in [0.15, 0.2) is 23.3 Å². The fraction of sp³-hybridized carbons (Fsp3) is 0.364. The Bertz CT molecular complexity index is 420. The van der Waals surface area contributed by atoms with Gasteiger partial charge in [0.05, 0.1) is 0 Å². The Balaban J connectivity index is 1.97. The van der Waals surface area contributed by atoms with E-state index in [1.807, 2.05) is 12.1 Å². The zero-order valence-corrected chi connectivity index (χ0v) is 10.2. The Labute approximate surface area is 99.2 Å². The highest BCUT2D eigenvalue weighted by Gasteiger charge is 2.15. The fourth-order valence-corrected chi connectivity index (χ4v) is 2.05. The second-order valence-electron chi connectivity index (χ2n) is 3.66. The molecule has 86 valence electrons. The molecule has 0 bridgehead atoms. The van der Waals surface area contributed by atoms with Crippen molar-refractivity contribution in [2.75, 3.05) is 6.61 Å². The van der Waals surface area contributed by atoms with Crippen molar-refractivity contribution in [2.24, 2.45) is 10.8 Å². The average Bonchev–Trinajstić information content (AvgIpc) is 2.67. The van der Waals surface area contributed by atoms with Crippen molar-refractivity contribution in [2.45, 2.75) is 19.3 Å². The molecule has 0 aliphatic carbocycles. The van der Waals surface area contributed by atoms with Gasteiger partial charge in [0, 0.05) is 0 Å². The summed E-state index contributed by atoms with van der Waals surface area (Å²) < 4.78 is 5.70.